The molecule has 84 valence electrons. The van der Waals surface area contributed by atoms with Crippen molar-refractivity contribution in [3.63, 3.8) is 0 Å². The highest BCUT2D eigenvalue weighted by atomic mass is 79.9. The van der Waals surface area contributed by atoms with Crippen molar-refractivity contribution in [2.45, 2.75) is 20.8 Å². The van der Waals surface area contributed by atoms with Gasteiger partial charge in [-0.2, -0.15) is 4.98 Å². The molecule has 1 aromatic heterocycles. The number of hydrogen-bond acceptors (Lipinski definition) is 3. The van der Waals surface area contributed by atoms with Crippen LogP contribution in [0.5, 0.6) is 0 Å². The van der Waals surface area contributed by atoms with Gasteiger partial charge in [-0.3, -0.25) is 0 Å². The normalized spacial score (nSPS) is 11.6. The smallest absolute Gasteiger partial charge is 0.224 e. The lowest BCUT2D eigenvalue weighted by Gasteiger charge is -2.27. The van der Waals surface area contributed by atoms with E-state index in [-0.39, 0.29) is 10.7 Å². The summed E-state index contributed by atoms with van der Waals surface area (Å²) in [5.41, 5.74) is 0.214. The van der Waals surface area contributed by atoms with Crippen LogP contribution in [0, 0.1) is 5.41 Å². The lowest BCUT2D eigenvalue weighted by Crippen LogP contribution is -2.30. The van der Waals surface area contributed by atoms with E-state index in [0.29, 0.717) is 0 Å². The van der Waals surface area contributed by atoms with Gasteiger partial charge in [0.05, 0.1) is 4.47 Å². The van der Waals surface area contributed by atoms with Crippen LogP contribution in [0.1, 0.15) is 20.8 Å². The molecule has 3 nitrogen and oxygen atoms in total. The molecule has 0 amide bonds. The van der Waals surface area contributed by atoms with Crippen LogP contribution in [0.25, 0.3) is 0 Å². The summed E-state index contributed by atoms with van der Waals surface area (Å²) in [6.45, 7) is 7.44. The maximum absolute atomic E-state index is 5.76. The molecule has 0 aliphatic carbocycles. The quantitative estimate of drug-likeness (QED) is 0.783. The van der Waals surface area contributed by atoms with Crippen LogP contribution < -0.4 is 4.90 Å². The molecule has 0 saturated carbocycles. The Hall–Kier alpha value is -0.350. The Bertz CT molecular complexity index is 349. The third-order valence-electron chi connectivity index (χ3n) is 1.77. The second kappa shape index (κ2) is 4.66. The van der Waals surface area contributed by atoms with Gasteiger partial charge in [0.1, 0.15) is 5.82 Å². The first-order chi connectivity index (χ1) is 6.79. The minimum absolute atomic E-state index is 0.214. The second-order valence-electron chi connectivity index (χ2n) is 4.73. The third-order valence-corrected chi connectivity index (χ3v) is 2.51. The summed E-state index contributed by atoms with van der Waals surface area (Å²) in [5, 5.41) is 0.272. The summed E-state index contributed by atoms with van der Waals surface area (Å²) in [6, 6.07) is 0. The summed E-state index contributed by atoms with van der Waals surface area (Å²) in [5.74, 6) is 0.824. The van der Waals surface area contributed by atoms with E-state index in [1.54, 1.807) is 6.20 Å². The molecule has 0 spiro atoms. The van der Waals surface area contributed by atoms with Crippen molar-refractivity contribution in [2.24, 2.45) is 5.41 Å². The van der Waals surface area contributed by atoms with Crippen molar-refractivity contribution in [1.82, 2.24) is 9.97 Å². The highest BCUT2D eigenvalue weighted by Crippen LogP contribution is 2.26. The summed E-state index contributed by atoms with van der Waals surface area (Å²) in [6.07, 6.45) is 1.67. The van der Waals surface area contributed by atoms with Crippen LogP contribution in [-0.4, -0.2) is 23.6 Å². The fourth-order valence-corrected chi connectivity index (χ4v) is 2.01. The average Bonchev–Trinajstić information content (AvgIpc) is 2.06. The molecule has 0 radical (unpaired) electrons. The predicted molar refractivity (Wildman–Crippen MR) is 67.5 cm³/mol. The molecule has 0 saturated heterocycles. The molecule has 0 aliphatic heterocycles. The monoisotopic (exact) mass is 291 g/mol. The molecular formula is C10H15BrClN3. The van der Waals surface area contributed by atoms with Gasteiger partial charge in [0, 0.05) is 19.8 Å². The molecule has 0 atom stereocenters. The maximum Gasteiger partial charge on any atom is 0.224 e. The Kier molecular flexibility index (Phi) is 3.95. The Balaban J connectivity index is 2.90. The van der Waals surface area contributed by atoms with E-state index < -0.39 is 0 Å². The lowest BCUT2D eigenvalue weighted by atomic mass is 9.96. The van der Waals surface area contributed by atoms with Crippen LogP contribution in [0.3, 0.4) is 0 Å². The van der Waals surface area contributed by atoms with Gasteiger partial charge in [-0.1, -0.05) is 20.8 Å². The van der Waals surface area contributed by atoms with Crippen LogP contribution >= 0.6 is 27.5 Å². The molecule has 0 N–H and O–H groups in total. The van der Waals surface area contributed by atoms with Gasteiger partial charge >= 0.3 is 0 Å². The van der Waals surface area contributed by atoms with Crippen LogP contribution in [0.4, 0.5) is 5.82 Å². The Morgan fingerprint density at radius 3 is 2.60 bits per heavy atom. The third kappa shape index (κ3) is 3.95. The van der Waals surface area contributed by atoms with Crippen LogP contribution in [-0.2, 0) is 0 Å². The molecule has 1 aromatic rings. The van der Waals surface area contributed by atoms with Crippen molar-refractivity contribution < 1.29 is 0 Å². The van der Waals surface area contributed by atoms with Crippen molar-refractivity contribution >= 4 is 33.3 Å². The first-order valence-corrected chi connectivity index (χ1v) is 5.86. The second-order valence-corrected chi connectivity index (χ2v) is 5.92. The molecule has 1 heterocycles. The predicted octanol–water partition coefficient (Wildman–Crippen LogP) is 3.37. The van der Waals surface area contributed by atoms with E-state index in [1.165, 1.54) is 0 Å². The molecule has 0 unspecified atom stereocenters. The highest BCUT2D eigenvalue weighted by Gasteiger charge is 2.17. The number of anilines is 1. The zero-order chi connectivity index (χ0) is 11.6. The van der Waals surface area contributed by atoms with E-state index in [1.807, 2.05) is 7.05 Å². The van der Waals surface area contributed by atoms with Crippen LogP contribution in [0.2, 0.25) is 5.28 Å². The molecular weight excluding hydrogens is 277 g/mol. The number of aromatic nitrogens is 2. The minimum atomic E-state index is 0.214. The van der Waals surface area contributed by atoms with Crippen molar-refractivity contribution in [1.29, 1.82) is 0 Å². The van der Waals surface area contributed by atoms with E-state index in [9.17, 15) is 0 Å². The Morgan fingerprint density at radius 2 is 2.07 bits per heavy atom. The topological polar surface area (TPSA) is 29.0 Å². The minimum Gasteiger partial charge on any atom is -0.358 e. The Morgan fingerprint density at radius 1 is 1.47 bits per heavy atom. The average molecular weight is 293 g/mol. The number of rotatable bonds is 2. The first kappa shape index (κ1) is 12.7. The number of nitrogens with zero attached hydrogens (tertiary/aromatic N) is 3. The summed E-state index contributed by atoms with van der Waals surface area (Å²) < 4.78 is 0.860. The molecule has 1 rings (SSSR count). The first-order valence-electron chi connectivity index (χ1n) is 4.69. The van der Waals surface area contributed by atoms with Crippen molar-refractivity contribution in [3.05, 3.63) is 16.0 Å². The molecule has 0 bridgehead atoms. The number of halogens is 2. The summed E-state index contributed by atoms with van der Waals surface area (Å²) in [4.78, 5) is 10.2. The molecule has 0 aliphatic rings. The van der Waals surface area contributed by atoms with Crippen LogP contribution in [0.15, 0.2) is 10.7 Å². The molecule has 15 heavy (non-hydrogen) atoms. The zero-order valence-electron chi connectivity index (χ0n) is 9.38. The van der Waals surface area contributed by atoms with Gasteiger partial charge in [0.15, 0.2) is 0 Å². The number of hydrogen-bond donors (Lipinski definition) is 0. The summed E-state index contributed by atoms with van der Waals surface area (Å²) in [7, 11) is 1.99. The lowest BCUT2D eigenvalue weighted by molar-refractivity contribution is 0.417. The van der Waals surface area contributed by atoms with Gasteiger partial charge in [0.2, 0.25) is 5.28 Å². The molecule has 0 aromatic carbocycles. The summed E-state index contributed by atoms with van der Waals surface area (Å²) >= 11 is 9.18. The van der Waals surface area contributed by atoms with Gasteiger partial charge in [-0.25, -0.2) is 4.98 Å². The SMILES string of the molecule is CN(CC(C)(C)C)c1nc(Cl)ncc1Br. The van der Waals surface area contributed by atoms with E-state index in [4.69, 9.17) is 11.6 Å². The maximum atomic E-state index is 5.76. The van der Waals surface area contributed by atoms with Gasteiger partial charge < -0.3 is 4.90 Å². The van der Waals surface area contributed by atoms with Crippen molar-refractivity contribution in [2.75, 3.05) is 18.5 Å². The Labute approximate surface area is 104 Å². The fraction of sp³-hybridized carbons (Fsp3) is 0.600. The zero-order valence-corrected chi connectivity index (χ0v) is 11.7. The fourth-order valence-electron chi connectivity index (χ4n) is 1.39. The molecule has 0 fully saturated rings. The van der Waals surface area contributed by atoms with Gasteiger partial charge in [0.25, 0.3) is 0 Å². The van der Waals surface area contributed by atoms with E-state index in [0.717, 1.165) is 16.8 Å². The molecule has 5 heteroatoms. The van der Waals surface area contributed by atoms with Gasteiger partial charge in [-0.15, -0.1) is 0 Å². The van der Waals surface area contributed by atoms with Gasteiger partial charge in [-0.05, 0) is 32.9 Å². The highest BCUT2D eigenvalue weighted by molar-refractivity contribution is 9.10. The van der Waals surface area contributed by atoms with E-state index in [2.05, 4.69) is 51.6 Å². The standard InChI is InChI=1S/C10H15BrClN3/c1-10(2,3)6-15(4)8-7(11)5-13-9(12)14-8/h5H,6H2,1-4H3. The largest absolute Gasteiger partial charge is 0.358 e. The van der Waals surface area contributed by atoms with Crippen molar-refractivity contribution in [3.8, 4) is 0 Å². The van der Waals surface area contributed by atoms with E-state index >= 15 is 0 Å².